The van der Waals surface area contributed by atoms with Gasteiger partial charge >= 0.3 is 5.69 Å². The summed E-state index contributed by atoms with van der Waals surface area (Å²) in [6.45, 7) is 13.2. The van der Waals surface area contributed by atoms with Crippen LogP contribution in [0.5, 0.6) is 0 Å². The second-order valence-corrected chi connectivity index (χ2v) is 7.27. The average Bonchev–Trinajstić information content (AvgIpc) is 2.96. The van der Waals surface area contributed by atoms with E-state index in [-0.39, 0.29) is 18.8 Å². The molecule has 0 spiro atoms. The average molecular weight is 393 g/mol. The van der Waals surface area contributed by atoms with Crippen LogP contribution >= 0.6 is 0 Å². The molecule has 0 aliphatic heterocycles. The van der Waals surface area contributed by atoms with Crippen LogP contribution in [0.4, 0.5) is 0 Å². The van der Waals surface area contributed by atoms with E-state index in [0.717, 1.165) is 37.2 Å². The Morgan fingerprint density at radius 3 is 1.46 bits per heavy atom. The number of aromatic nitrogens is 2. The number of imidazole rings is 1. The fourth-order valence-corrected chi connectivity index (χ4v) is 3.72. The van der Waals surface area contributed by atoms with Crippen molar-refractivity contribution in [3.8, 4) is 0 Å². The van der Waals surface area contributed by atoms with Gasteiger partial charge in [0.15, 0.2) is 0 Å². The largest absolute Gasteiger partial charge is 0.390 e. The van der Waals surface area contributed by atoms with Crippen molar-refractivity contribution in [1.29, 1.82) is 0 Å². The molecular weight excluding hydrogens is 356 g/mol. The molecule has 0 saturated carbocycles. The monoisotopic (exact) mass is 392 g/mol. The quantitative estimate of drug-likeness (QED) is 0.568. The first-order chi connectivity index (χ1) is 13.4. The minimum atomic E-state index is -0.627. The zero-order chi connectivity index (χ0) is 20.7. The van der Waals surface area contributed by atoms with Crippen LogP contribution in [0.15, 0.2) is 29.1 Å². The summed E-state index contributed by atoms with van der Waals surface area (Å²) in [5.74, 6) is 0. The fraction of sp³-hybridized carbons (Fsp3) is 0.667. The highest BCUT2D eigenvalue weighted by Crippen LogP contribution is 2.14. The molecule has 1 aromatic heterocycles. The van der Waals surface area contributed by atoms with E-state index < -0.39 is 12.2 Å². The lowest BCUT2D eigenvalue weighted by Gasteiger charge is -2.22. The molecule has 2 aromatic rings. The molecule has 7 heteroatoms. The summed E-state index contributed by atoms with van der Waals surface area (Å²) in [4.78, 5) is 17.4. The molecule has 0 aliphatic rings. The van der Waals surface area contributed by atoms with Crippen LogP contribution in [0.25, 0.3) is 11.0 Å². The van der Waals surface area contributed by atoms with Gasteiger partial charge in [-0.15, -0.1) is 0 Å². The molecular formula is C21H36N4O3. The lowest BCUT2D eigenvalue weighted by atomic mass is 10.2. The van der Waals surface area contributed by atoms with Crippen LogP contribution in [-0.2, 0) is 13.1 Å². The van der Waals surface area contributed by atoms with Gasteiger partial charge in [0.2, 0.25) is 0 Å². The molecule has 2 rings (SSSR count). The van der Waals surface area contributed by atoms with E-state index in [1.807, 2.05) is 24.3 Å². The molecule has 0 amide bonds. The van der Waals surface area contributed by atoms with E-state index >= 15 is 0 Å². The van der Waals surface area contributed by atoms with Crippen molar-refractivity contribution in [3.05, 3.63) is 34.7 Å². The van der Waals surface area contributed by atoms with Gasteiger partial charge in [0.25, 0.3) is 0 Å². The Bertz CT molecular complexity index is 716. The molecule has 7 nitrogen and oxygen atoms in total. The summed E-state index contributed by atoms with van der Waals surface area (Å²) in [6, 6.07) is 7.58. The molecule has 1 heterocycles. The molecule has 0 aliphatic carbocycles. The summed E-state index contributed by atoms with van der Waals surface area (Å²) < 4.78 is 3.27. The van der Waals surface area contributed by atoms with Crippen molar-refractivity contribution in [2.24, 2.45) is 0 Å². The maximum Gasteiger partial charge on any atom is 0.329 e. The first kappa shape index (κ1) is 22.6. The number of likely N-dealkylation sites (N-methyl/N-ethyl adjacent to an activating group) is 2. The zero-order valence-electron chi connectivity index (χ0n) is 17.7. The Kier molecular flexibility index (Phi) is 8.69. The van der Waals surface area contributed by atoms with E-state index in [2.05, 4.69) is 37.5 Å². The molecule has 2 N–H and O–H groups in total. The summed E-state index contributed by atoms with van der Waals surface area (Å²) in [5, 5.41) is 21.1. The van der Waals surface area contributed by atoms with Gasteiger partial charge in [0.05, 0.1) is 36.3 Å². The number of hydrogen-bond donors (Lipinski definition) is 2. The highest BCUT2D eigenvalue weighted by molar-refractivity contribution is 5.76. The molecule has 0 fully saturated rings. The molecule has 2 atom stereocenters. The van der Waals surface area contributed by atoms with Crippen molar-refractivity contribution >= 4 is 11.0 Å². The van der Waals surface area contributed by atoms with Gasteiger partial charge in [-0.05, 0) is 38.3 Å². The van der Waals surface area contributed by atoms with Crippen molar-refractivity contribution in [3.63, 3.8) is 0 Å². The number of hydrogen-bond acceptors (Lipinski definition) is 5. The van der Waals surface area contributed by atoms with Crippen molar-refractivity contribution in [2.45, 2.75) is 53.0 Å². The minimum absolute atomic E-state index is 0.182. The molecule has 0 saturated heterocycles. The smallest absolute Gasteiger partial charge is 0.329 e. The van der Waals surface area contributed by atoms with Gasteiger partial charge < -0.3 is 20.0 Å². The van der Waals surface area contributed by atoms with E-state index in [1.54, 1.807) is 9.13 Å². The standard InChI is InChI=1S/C21H36N4O3/c1-5-22(6-2)13-17(26)15-24-19-11-9-10-12-20(19)25(21(24)28)16-18(27)14-23(7-3)8-4/h9-12,17-18,26-27H,5-8,13-16H2,1-4H3/t17-,18+. The molecule has 1 aromatic carbocycles. The zero-order valence-corrected chi connectivity index (χ0v) is 17.7. The minimum Gasteiger partial charge on any atom is -0.390 e. The van der Waals surface area contributed by atoms with Crippen molar-refractivity contribution in [1.82, 2.24) is 18.9 Å². The predicted octanol–water partition coefficient (Wildman–Crippen LogP) is 1.21. The summed E-state index contributed by atoms with van der Waals surface area (Å²) in [5.41, 5.74) is 1.40. The van der Waals surface area contributed by atoms with E-state index in [0.29, 0.717) is 13.1 Å². The first-order valence-electron chi connectivity index (χ1n) is 10.4. The maximum absolute atomic E-state index is 13.1. The van der Waals surface area contributed by atoms with Gasteiger partial charge in [0.1, 0.15) is 0 Å². The topological polar surface area (TPSA) is 73.9 Å². The molecule has 28 heavy (non-hydrogen) atoms. The number of fused-ring (bicyclic) bond motifs is 1. The second kappa shape index (κ2) is 10.8. The molecule has 158 valence electrons. The number of para-hydroxylation sites is 2. The Hall–Kier alpha value is -1.67. The number of benzene rings is 1. The van der Waals surface area contributed by atoms with E-state index in [1.165, 1.54) is 0 Å². The van der Waals surface area contributed by atoms with Crippen LogP contribution in [-0.4, -0.2) is 80.6 Å². The Morgan fingerprint density at radius 1 is 0.786 bits per heavy atom. The predicted molar refractivity (Wildman–Crippen MR) is 114 cm³/mol. The van der Waals surface area contributed by atoms with Crippen LogP contribution in [0.2, 0.25) is 0 Å². The number of rotatable bonds is 12. The third-order valence-corrected chi connectivity index (χ3v) is 5.44. The van der Waals surface area contributed by atoms with Crippen LogP contribution in [0.3, 0.4) is 0 Å². The van der Waals surface area contributed by atoms with Crippen LogP contribution in [0, 0.1) is 0 Å². The third kappa shape index (κ3) is 5.44. The van der Waals surface area contributed by atoms with Gasteiger partial charge in [-0.1, -0.05) is 39.8 Å². The number of nitrogens with zero attached hydrogens (tertiary/aromatic N) is 4. The van der Waals surface area contributed by atoms with Gasteiger partial charge in [0, 0.05) is 13.1 Å². The highest BCUT2D eigenvalue weighted by Gasteiger charge is 2.19. The Balaban J connectivity index is 2.26. The third-order valence-electron chi connectivity index (χ3n) is 5.44. The molecule has 0 unspecified atom stereocenters. The van der Waals surface area contributed by atoms with Crippen molar-refractivity contribution in [2.75, 3.05) is 39.3 Å². The van der Waals surface area contributed by atoms with Gasteiger partial charge in [-0.2, -0.15) is 0 Å². The molecule has 0 bridgehead atoms. The number of aliphatic hydroxyl groups is 2. The summed E-state index contributed by atoms with van der Waals surface area (Å²) in [7, 11) is 0. The number of aliphatic hydroxyl groups excluding tert-OH is 2. The maximum atomic E-state index is 13.1. The Labute approximate surface area is 167 Å². The Morgan fingerprint density at radius 2 is 1.14 bits per heavy atom. The van der Waals surface area contributed by atoms with Crippen molar-refractivity contribution < 1.29 is 10.2 Å². The summed E-state index contributed by atoms with van der Waals surface area (Å²) in [6.07, 6.45) is -1.25. The van der Waals surface area contributed by atoms with Crippen LogP contribution < -0.4 is 5.69 Å². The highest BCUT2D eigenvalue weighted by atomic mass is 16.3. The fourth-order valence-electron chi connectivity index (χ4n) is 3.72. The SMILES string of the molecule is CCN(CC)C[C@@H](O)Cn1c(=O)n(C[C@@H](O)CN(CC)CC)c2ccccc21. The second-order valence-electron chi connectivity index (χ2n) is 7.27. The van der Waals surface area contributed by atoms with E-state index in [4.69, 9.17) is 0 Å². The van der Waals surface area contributed by atoms with Gasteiger partial charge in [-0.25, -0.2) is 4.79 Å². The molecule has 0 radical (unpaired) electrons. The van der Waals surface area contributed by atoms with Crippen LogP contribution in [0.1, 0.15) is 27.7 Å². The van der Waals surface area contributed by atoms with Gasteiger partial charge in [-0.3, -0.25) is 9.13 Å². The lowest BCUT2D eigenvalue weighted by molar-refractivity contribution is 0.0986. The summed E-state index contributed by atoms with van der Waals surface area (Å²) >= 11 is 0. The lowest BCUT2D eigenvalue weighted by Crippen LogP contribution is -2.39. The van der Waals surface area contributed by atoms with E-state index in [9.17, 15) is 15.0 Å². The normalized spacial score (nSPS) is 14.3. The first-order valence-corrected chi connectivity index (χ1v) is 10.4.